The van der Waals surface area contributed by atoms with Crippen LogP contribution < -0.4 is 4.74 Å². The highest BCUT2D eigenvalue weighted by Gasteiger charge is 2.30. The molecule has 7 heteroatoms. The molecule has 1 fully saturated rings. The van der Waals surface area contributed by atoms with Gasteiger partial charge < -0.3 is 14.4 Å². The summed E-state index contributed by atoms with van der Waals surface area (Å²) in [6.07, 6.45) is -0.0964. The normalized spacial score (nSPS) is 17.5. The number of methoxy groups -OCH3 is 1. The van der Waals surface area contributed by atoms with Crippen molar-refractivity contribution in [3.63, 3.8) is 0 Å². The average Bonchev–Trinajstić information content (AvgIpc) is 2.61. The van der Waals surface area contributed by atoms with Crippen LogP contribution in [0.1, 0.15) is 11.1 Å². The zero-order chi connectivity index (χ0) is 18.7. The van der Waals surface area contributed by atoms with Crippen LogP contribution >= 0.6 is 45.8 Å². The molecule has 0 N–H and O–H groups in total. The van der Waals surface area contributed by atoms with Crippen molar-refractivity contribution < 1.29 is 14.3 Å². The molecule has 1 saturated heterocycles. The average molecular weight is 506 g/mol. The Bertz CT molecular complexity index is 775. The summed E-state index contributed by atoms with van der Waals surface area (Å²) >= 11 is 14.5. The minimum atomic E-state index is -0.533. The van der Waals surface area contributed by atoms with Gasteiger partial charge in [-0.15, -0.1) is 0 Å². The third-order valence-corrected chi connectivity index (χ3v) is 5.81. The van der Waals surface area contributed by atoms with E-state index in [0.717, 1.165) is 20.4 Å². The van der Waals surface area contributed by atoms with E-state index >= 15 is 0 Å². The Morgan fingerprint density at radius 2 is 2.00 bits per heavy atom. The second kappa shape index (κ2) is 8.78. The van der Waals surface area contributed by atoms with Crippen LogP contribution in [0.5, 0.6) is 5.75 Å². The Kier molecular flexibility index (Phi) is 6.66. The highest BCUT2D eigenvalue weighted by molar-refractivity contribution is 14.1. The van der Waals surface area contributed by atoms with Crippen molar-refractivity contribution in [2.75, 3.05) is 20.3 Å². The van der Waals surface area contributed by atoms with E-state index in [-0.39, 0.29) is 5.91 Å². The first-order valence-corrected chi connectivity index (χ1v) is 9.98. The number of halogens is 3. The molecule has 26 heavy (non-hydrogen) atoms. The minimum Gasteiger partial charge on any atom is -0.497 e. The van der Waals surface area contributed by atoms with Crippen molar-refractivity contribution in [2.24, 2.45) is 0 Å². The fourth-order valence-corrected chi connectivity index (χ4v) is 4.66. The largest absolute Gasteiger partial charge is 0.497 e. The maximum atomic E-state index is 12.9. The lowest BCUT2D eigenvalue weighted by Crippen LogP contribution is -2.48. The molecule has 1 atom stereocenters. The molecule has 3 rings (SSSR count). The number of hydrogen-bond acceptors (Lipinski definition) is 3. The molecule has 2 aromatic carbocycles. The fraction of sp³-hybridized carbons (Fsp3) is 0.316. The summed E-state index contributed by atoms with van der Waals surface area (Å²) in [5, 5.41) is 1.14. The first kappa shape index (κ1) is 19.7. The lowest BCUT2D eigenvalue weighted by Gasteiger charge is -2.33. The van der Waals surface area contributed by atoms with Crippen molar-refractivity contribution in [1.82, 2.24) is 4.90 Å². The lowest BCUT2D eigenvalue weighted by molar-refractivity contribution is -0.153. The van der Waals surface area contributed by atoms with Crippen LogP contribution in [0, 0.1) is 3.57 Å². The maximum absolute atomic E-state index is 12.9. The lowest BCUT2D eigenvalue weighted by atomic mass is 10.1. The van der Waals surface area contributed by atoms with Gasteiger partial charge in [0.15, 0.2) is 0 Å². The Morgan fingerprint density at radius 1 is 1.27 bits per heavy atom. The number of nitrogens with zero attached hydrogens (tertiary/aromatic N) is 1. The summed E-state index contributed by atoms with van der Waals surface area (Å²) in [4.78, 5) is 14.7. The second-order valence-electron chi connectivity index (χ2n) is 6.02. The Labute approximate surface area is 176 Å². The number of carbonyl (C=O) groups excluding carboxylic acids is 1. The fourth-order valence-electron chi connectivity index (χ4n) is 2.90. The summed E-state index contributed by atoms with van der Waals surface area (Å²) < 4.78 is 11.8. The van der Waals surface area contributed by atoms with Crippen LogP contribution in [0.15, 0.2) is 36.4 Å². The third-order valence-electron chi connectivity index (χ3n) is 4.30. The summed E-state index contributed by atoms with van der Waals surface area (Å²) in [6, 6.07) is 11.3. The van der Waals surface area contributed by atoms with Gasteiger partial charge in [0.25, 0.3) is 5.91 Å². The summed E-state index contributed by atoms with van der Waals surface area (Å²) in [7, 11) is 1.63. The van der Waals surface area contributed by atoms with Gasteiger partial charge in [-0.05, 0) is 58.0 Å². The quantitative estimate of drug-likeness (QED) is 0.558. The highest BCUT2D eigenvalue weighted by atomic mass is 127. The first-order chi connectivity index (χ1) is 12.5. The van der Waals surface area contributed by atoms with E-state index in [4.69, 9.17) is 32.7 Å². The van der Waals surface area contributed by atoms with E-state index in [1.807, 2.05) is 35.2 Å². The highest BCUT2D eigenvalue weighted by Crippen LogP contribution is 2.29. The van der Waals surface area contributed by atoms with Crippen molar-refractivity contribution in [3.8, 4) is 5.75 Å². The van der Waals surface area contributed by atoms with Gasteiger partial charge in [-0.3, -0.25) is 4.79 Å². The number of amides is 1. The van der Waals surface area contributed by atoms with E-state index in [0.29, 0.717) is 36.2 Å². The monoisotopic (exact) mass is 505 g/mol. The molecule has 2 aromatic rings. The van der Waals surface area contributed by atoms with Gasteiger partial charge in [-0.25, -0.2) is 0 Å². The van der Waals surface area contributed by atoms with Gasteiger partial charge >= 0.3 is 0 Å². The predicted octanol–water partition coefficient (Wildman–Crippen LogP) is 4.58. The summed E-state index contributed by atoms with van der Waals surface area (Å²) in [5.41, 5.74) is 1.94. The molecule has 0 aromatic heterocycles. The van der Waals surface area contributed by atoms with Crippen LogP contribution in [-0.4, -0.2) is 37.2 Å². The molecule has 1 aliphatic heterocycles. The zero-order valence-corrected chi connectivity index (χ0v) is 17.8. The smallest absolute Gasteiger partial charge is 0.252 e. The van der Waals surface area contributed by atoms with Crippen molar-refractivity contribution >= 4 is 51.7 Å². The maximum Gasteiger partial charge on any atom is 0.252 e. The molecule has 0 saturated carbocycles. The molecule has 0 spiro atoms. The van der Waals surface area contributed by atoms with E-state index in [2.05, 4.69) is 22.6 Å². The van der Waals surface area contributed by atoms with Gasteiger partial charge in [-0.1, -0.05) is 35.3 Å². The third kappa shape index (κ3) is 4.63. The Hall–Kier alpha value is -1.02. The molecule has 4 nitrogen and oxygen atoms in total. The van der Waals surface area contributed by atoms with Gasteiger partial charge in [0, 0.05) is 33.1 Å². The number of ether oxygens (including phenoxy) is 2. The molecular weight excluding hydrogens is 488 g/mol. The molecule has 1 heterocycles. The number of benzene rings is 2. The summed E-state index contributed by atoms with van der Waals surface area (Å²) in [6.45, 7) is 1.63. The van der Waals surface area contributed by atoms with E-state index in [1.165, 1.54) is 0 Å². The molecule has 0 bridgehead atoms. The number of rotatable bonds is 5. The van der Waals surface area contributed by atoms with E-state index in [9.17, 15) is 4.79 Å². The molecule has 0 aliphatic carbocycles. The molecule has 1 aliphatic rings. The van der Waals surface area contributed by atoms with Crippen LogP contribution in [0.3, 0.4) is 0 Å². The molecular formula is C19H18Cl2INO3. The topological polar surface area (TPSA) is 38.8 Å². The number of carbonyl (C=O) groups is 1. The minimum absolute atomic E-state index is 0.0196. The van der Waals surface area contributed by atoms with Crippen LogP contribution in [0.2, 0.25) is 10.0 Å². The SMILES string of the molecule is COc1ccc(CN2CCOC(Cc3c(Cl)cc(Cl)cc3I)C2=O)cc1. The van der Waals surface area contributed by atoms with Crippen molar-refractivity contribution in [3.05, 3.63) is 61.1 Å². The van der Waals surface area contributed by atoms with Gasteiger partial charge in [-0.2, -0.15) is 0 Å². The van der Waals surface area contributed by atoms with Gasteiger partial charge in [0.2, 0.25) is 0 Å². The predicted molar refractivity (Wildman–Crippen MR) is 111 cm³/mol. The molecule has 1 unspecified atom stereocenters. The molecule has 0 radical (unpaired) electrons. The first-order valence-electron chi connectivity index (χ1n) is 8.14. The van der Waals surface area contributed by atoms with E-state index < -0.39 is 6.10 Å². The van der Waals surface area contributed by atoms with Gasteiger partial charge in [0.1, 0.15) is 11.9 Å². The van der Waals surface area contributed by atoms with Crippen molar-refractivity contribution in [2.45, 2.75) is 19.1 Å². The summed E-state index contributed by atoms with van der Waals surface area (Å²) in [5.74, 6) is 0.778. The molecule has 138 valence electrons. The second-order valence-corrected chi connectivity index (χ2v) is 8.03. The standard InChI is InChI=1S/C19H18Cl2INO3/c1-25-14-4-2-12(3-5-14)11-23-6-7-26-18(19(23)24)10-15-16(21)8-13(20)9-17(15)22/h2-5,8-9,18H,6-7,10-11H2,1H3. The zero-order valence-electron chi connectivity index (χ0n) is 14.2. The van der Waals surface area contributed by atoms with Crippen LogP contribution in [0.25, 0.3) is 0 Å². The Morgan fingerprint density at radius 3 is 2.65 bits per heavy atom. The van der Waals surface area contributed by atoms with E-state index in [1.54, 1.807) is 13.2 Å². The Balaban J connectivity index is 1.71. The van der Waals surface area contributed by atoms with Crippen LogP contribution in [-0.2, 0) is 22.5 Å². The van der Waals surface area contributed by atoms with Gasteiger partial charge in [0.05, 0.1) is 13.7 Å². The van der Waals surface area contributed by atoms with Crippen LogP contribution in [0.4, 0.5) is 0 Å². The number of hydrogen-bond donors (Lipinski definition) is 0. The number of morpholine rings is 1. The van der Waals surface area contributed by atoms with Crippen molar-refractivity contribution in [1.29, 1.82) is 0 Å². The molecule has 1 amide bonds.